The van der Waals surface area contributed by atoms with Gasteiger partial charge >= 0.3 is 0 Å². The molecular formula is C78H134O3S4. The molecule has 85 heavy (non-hydrogen) atoms. The molecule has 7 heteroatoms. The van der Waals surface area contributed by atoms with Gasteiger partial charge in [0.05, 0.1) is 25.1 Å². The first-order valence-electron chi connectivity index (χ1n) is 35.9. The monoisotopic (exact) mass is 1250 g/mol. The molecule has 0 aliphatic carbocycles. The van der Waals surface area contributed by atoms with Gasteiger partial charge in [-0.2, -0.15) is 0 Å². The first-order chi connectivity index (χ1) is 40.5. The van der Waals surface area contributed by atoms with Crippen LogP contribution in [0.25, 0.3) is 19.5 Å². The van der Waals surface area contributed by atoms with Crippen LogP contribution in [0.3, 0.4) is 0 Å². The molecule has 488 valence electrons. The third-order valence-electron chi connectivity index (χ3n) is 20.0. The Morgan fingerprint density at radius 2 is 0.659 bits per heavy atom. The summed E-state index contributed by atoms with van der Waals surface area (Å²) in [5.41, 5.74) is 1.52. The van der Waals surface area contributed by atoms with Gasteiger partial charge in [-0.1, -0.05) is 265 Å². The fourth-order valence-electron chi connectivity index (χ4n) is 13.7. The number of fused-ring (bicyclic) bond motifs is 3. The van der Waals surface area contributed by atoms with Crippen LogP contribution in [-0.4, -0.2) is 10.2 Å². The van der Waals surface area contributed by atoms with Crippen molar-refractivity contribution < 1.29 is 14.9 Å². The SMILES string of the molecule is CC(C)CCCC(C)CCCC(C)CCC(O)(CCC(C)CCCC(C)CCCC(C)C)c1ccsc1-c1sccc1O.CC(C)CCCC(C)CCCC(C)CCC1(CCC(C)CCCC(C)CCCC(C)C)Oc2ccsc2-c2sccc21. The van der Waals surface area contributed by atoms with Crippen LogP contribution in [-0.2, 0) is 11.2 Å². The molecule has 3 nitrogen and oxygen atoms in total. The second kappa shape index (κ2) is 41.0. The predicted molar refractivity (Wildman–Crippen MR) is 384 cm³/mol. The molecule has 0 fully saturated rings. The van der Waals surface area contributed by atoms with Crippen molar-refractivity contribution in [2.45, 2.75) is 327 Å². The Bertz CT molecular complexity index is 2200. The fraction of sp³-hybridized carbons (Fsp3) is 0.795. The van der Waals surface area contributed by atoms with Gasteiger partial charge in [-0.3, -0.25) is 0 Å². The van der Waals surface area contributed by atoms with Gasteiger partial charge in [-0.25, -0.2) is 0 Å². The van der Waals surface area contributed by atoms with Crippen LogP contribution in [0.1, 0.15) is 327 Å². The van der Waals surface area contributed by atoms with Gasteiger partial charge in [0.25, 0.3) is 0 Å². The van der Waals surface area contributed by atoms with Crippen LogP contribution < -0.4 is 4.74 Å². The van der Waals surface area contributed by atoms with Gasteiger partial charge < -0.3 is 14.9 Å². The predicted octanol–water partition coefficient (Wildman–Crippen LogP) is 27.6. The molecule has 0 spiro atoms. The van der Waals surface area contributed by atoms with Gasteiger partial charge in [0.15, 0.2) is 0 Å². The van der Waals surface area contributed by atoms with Gasteiger partial charge in [0.2, 0.25) is 0 Å². The standard InChI is InChI=1S/C39H68O2S2.C39H66OS2/c1-29(2)13-9-15-31(5)17-11-19-33(7)21-25-39(41,35-23-27-42-37(35)38-36(40)24-28-43-38)26-22-34(8)20-12-18-32(6)16-10-14-30(3)4;1-29(2)13-9-15-31(5)17-11-19-33(7)21-25-39(35-23-27-41-37(35)38-36(40-39)24-28-42-38)26-22-34(8)20-12-18-32(6)16-10-14-30(3)4/h23-24,27-34,40-41H,9-22,25-26H2,1-8H3;23-24,27-34H,9-22,25-26H2,1-8H3. The fourth-order valence-corrected chi connectivity index (χ4v) is 17.7. The van der Waals surface area contributed by atoms with Gasteiger partial charge in [-0.05, 0) is 168 Å². The second-order valence-corrected chi connectivity index (χ2v) is 34.4. The quantitative estimate of drug-likeness (QED) is 0.0464. The lowest BCUT2D eigenvalue weighted by molar-refractivity contribution is 0.00747. The Labute approximate surface area is 542 Å². The Balaban J connectivity index is 0.000000364. The van der Waals surface area contributed by atoms with Gasteiger partial charge in [0.1, 0.15) is 17.1 Å². The number of hydrogen-bond acceptors (Lipinski definition) is 7. The van der Waals surface area contributed by atoms with Crippen molar-refractivity contribution in [3.05, 3.63) is 56.9 Å². The molecule has 5 heterocycles. The Morgan fingerprint density at radius 3 is 1.04 bits per heavy atom. The molecule has 1 aliphatic rings. The maximum absolute atomic E-state index is 12.4. The van der Waals surface area contributed by atoms with E-state index >= 15 is 0 Å². The van der Waals surface area contributed by atoms with Crippen molar-refractivity contribution in [1.82, 2.24) is 0 Å². The summed E-state index contributed by atoms with van der Waals surface area (Å²) in [7, 11) is 0. The van der Waals surface area contributed by atoms with E-state index in [-0.39, 0.29) is 5.60 Å². The third kappa shape index (κ3) is 29.0. The summed E-state index contributed by atoms with van der Waals surface area (Å²) in [5, 5.41) is 31.5. The minimum atomic E-state index is -0.845. The minimum Gasteiger partial charge on any atom is -0.506 e. The Hall–Kier alpha value is -1.64. The average Bonchev–Trinajstić information content (AvgIpc) is 4.48. The van der Waals surface area contributed by atoms with Crippen LogP contribution in [0.4, 0.5) is 0 Å². The smallest absolute Gasteiger partial charge is 0.140 e. The molecule has 1 aliphatic heterocycles. The summed E-state index contributed by atoms with van der Waals surface area (Å²) in [6.45, 7) is 38.3. The molecule has 0 radical (unpaired) electrons. The second-order valence-electron chi connectivity index (χ2n) is 30.7. The number of thiophene rings is 4. The van der Waals surface area contributed by atoms with Crippen molar-refractivity contribution in [2.75, 3.05) is 0 Å². The van der Waals surface area contributed by atoms with Gasteiger partial charge in [0, 0.05) is 11.1 Å². The summed E-state index contributed by atoms with van der Waals surface area (Å²) in [5.74, 6) is 10.9. The summed E-state index contributed by atoms with van der Waals surface area (Å²) >= 11 is 7.01. The van der Waals surface area contributed by atoms with Crippen LogP contribution in [0, 0.1) is 71.0 Å². The molecule has 4 aromatic rings. The molecule has 0 saturated carbocycles. The zero-order valence-electron chi connectivity index (χ0n) is 58.1. The number of hydrogen-bond donors (Lipinski definition) is 2. The molecule has 4 aromatic heterocycles. The first kappa shape index (κ1) is 75.8. The van der Waals surface area contributed by atoms with Crippen molar-refractivity contribution in [1.29, 1.82) is 0 Å². The lowest BCUT2D eigenvalue weighted by Crippen LogP contribution is -2.36. The lowest BCUT2D eigenvalue weighted by Gasteiger charge is -2.39. The number of ether oxygens (including phenoxy) is 1. The molecule has 2 N–H and O–H groups in total. The highest BCUT2D eigenvalue weighted by molar-refractivity contribution is 7.21. The van der Waals surface area contributed by atoms with Crippen molar-refractivity contribution in [2.24, 2.45) is 71.0 Å². The molecule has 0 saturated heterocycles. The normalized spacial score (nSPS) is 17.9. The summed E-state index contributed by atoms with van der Waals surface area (Å²) in [6.07, 6.45) is 41.0. The maximum Gasteiger partial charge on any atom is 0.140 e. The maximum atomic E-state index is 12.4. The van der Waals surface area contributed by atoms with Crippen molar-refractivity contribution in [3.63, 3.8) is 0 Å². The summed E-state index contributed by atoms with van der Waals surface area (Å²) < 4.78 is 7.07. The highest BCUT2D eigenvalue weighted by atomic mass is 32.1. The van der Waals surface area contributed by atoms with E-state index in [1.54, 1.807) is 28.7 Å². The summed E-state index contributed by atoms with van der Waals surface area (Å²) in [4.78, 5) is 4.80. The van der Waals surface area contributed by atoms with Crippen molar-refractivity contribution in [3.8, 4) is 31.0 Å². The van der Waals surface area contributed by atoms with Crippen LogP contribution >= 0.6 is 45.3 Å². The summed E-state index contributed by atoms with van der Waals surface area (Å²) in [6, 6.07) is 8.54. The van der Waals surface area contributed by atoms with E-state index in [9.17, 15) is 10.2 Å². The van der Waals surface area contributed by atoms with E-state index in [0.717, 1.165) is 119 Å². The Morgan fingerprint density at radius 1 is 0.353 bits per heavy atom. The largest absolute Gasteiger partial charge is 0.506 e. The van der Waals surface area contributed by atoms with E-state index in [4.69, 9.17) is 4.74 Å². The number of rotatable bonds is 46. The van der Waals surface area contributed by atoms with Crippen LogP contribution in [0.15, 0.2) is 45.8 Å². The Kier molecular flexibility index (Phi) is 36.5. The molecule has 8 atom stereocenters. The zero-order valence-corrected chi connectivity index (χ0v) is 61.4. The molecule has 5 rings (SSSR count). The highest BCUT2D eigenvalue weighted by Gasteiger charge is 2.42. The van der Waals surface area contributed by atoms with E-state index in [0.29, 0.717) is 17.6 Å². The third-order valence-corrected chi connectivity index (χ3v) is 23.9. The topological polar surface area (TPSA) is 49.7 Å². The highest BCUT2D eigenvalue weighted by Crippen LogP contribution is 2.54. The lowest BCUT2D eigenvalue weighted by atomic mass is 9.78. The van der Waals surface area contributed by atoms with E-state index < -0.39 is 5.60 Å². The molecule has 0 bridgehead atoms. The molecular weight excluding hydrogens is 1110 g/mol. The number of aliphatic hydroxyl groups is 1. The average molecular weight is 1250 g/mol. The van der Waals surface area contributed by atoms with E-state index in [2.05, 4.69) is 145 Å². The van der Waals surface area contributed by atoms with E-state index in [1.807, 2.05) is 28.1 Å². The zero-order chi connectivity index (χ0) is 62.4. The van der Waals surface area contributed by atoms with E-state index in [1.165, 1.54) is 182 Å². The first-order valence-corrected chi connectivity index (χ1v) is 39.4. The molecule has 0 aromatic carbocycles. The van der Waals surface area contributed by atoms with Crippen LogP contribution in [0.5, 0.6) is 11.5 Å². The molecule has 0 amide bonds. The van der Waals surface area contributed by atoms with Crippen molar-refractivity contribution >= 4 is 45.3 Å². The molecule has 8 unspecified atom stereocenters. The minimum absolute atomic E-state index is 0.153. The number of aromatic hydroxyl groups is 1. The van der Waals surface area contributed by atoms with Gasteiger partial charge in [-0.15, -0.1) is 45.3 Å². The van der Waals surface area contributed by atoms with Crippen LogP contribution in [0.2, 0.25) is 0 Å².